The lowest BCUT2D eigenvalue weighted by Crippen LogP contribution is -2.28. The molecule has 1 unspecified atom stereocenters. The van der Waals surface area contributed by atoms with Crippen LogP contribution in [-0.2, 0) is 0 Å². The summed E-state index contributed by atoms with van der Waals surface area (Å²) in [5, 5.41) is 8.08. The van der Waals surface area contributed by atoms with Gasteiger partial charge >= 0.3 is 0 Å². The molecule has 0 aliphatic heterocycles. The fourth-order valence-electron chi connectivity index (χ4n) is 3.82. The van der Waals surface area contributed by atoms with Crippen molar-refractivity contribution in [1.29, 1.82) is 0 Å². The molecular formula is C28H27N3O2. The van der Waals surface area contributed by atoms with E-state index in [1.54, 1.807) is 12.1 Å². The summed E-state index contributed by atoms with van der Waals surface area (Å²) >= 11 is 0. The summed E-state index contributed by atoms with van der Waals surface area (Å²) in [6.45, 7) is 1.95. The smallest absolute Gasteiger partial charge is 0.255 e. The summed E-state index contributed by atoms with van der Waals surface area (Å²) in [7, 11) is 3.78. The summed E-state index contributed by atoms with van der Waals surface area (Å²) in [6, 6.07) is 28.6. The molecule has 0 heterocycles. The van der Waals surface area contributed by atoms with E-state index >= 15 is 0 Å². The van der Waals surface area contributed by atoms with Gasteiger partial charge in [0.25, 0.3) is 11.8 Å². The Labute approximate surface area is 194 Å². The zero-order valence-corrected chi connectivity index (χ0v) is 19.0. The Morgan fingerprint density at radius 1 is 0.758 bits per heavy atom. The molecule has 4 aromatic rings. The summed E-state index contributed by atoms with van der Waals surface area (Å²) < 4.78 is 0. The number of rotatable bonds is 6. The number of benzene rings is 4. The van der Waals surface area contributed by atoms with E-state index in [0.717, 1.165) is 22.0 Å². The molecule has 0 aromatic heterocycles. The third-order valence-corrected chi connectivity index (χ3v) is 5.64. The van der Waals surface area contributed by atoms with Gasteiger partial charge in [-0.3, -0.25) is 9.59 Å². The van der Waals surface area contributed by atoms with Crippen LogP contribution in [-0.4, -0.2) is 25.9 Å². The van der Waals surface area contributed by atoms with Crippen LogP contribution in [0.4, 0.5) is 11.4 Å². The van der Waals surface area contributed by atoms with Crippen LogP contribution in [0.2, 0.25) is 0 Å². The minimum Gasteiger partial charge on any atom is -0.377 e. The maximum atomic E-state index is 13.2. The zero-order valence-electron chi connectivity index (χ0n) is 19.0. The normalized spacial score (nSPS) is 11.6. The standard InChI is InChI=1S/C28H27N3O2/c1-19(20-9-5-4-6-10-20)29-28(33)25-18-24(15-16-26(25)31(2)3)30-27(32)23-14-13-21-11-7-8-12-22(21)17-23/h4-19H,1-3H3,(H,29,33)(H,30,32). The first-order chi connectivity index (χ1) is 15.9. The lowest BCUT2D eigenvalue weighted by molar-refractivity contribution is 0.0939. The first-order valence-electron chi connectivity index (χ1n) is 10.9. The van der Waals surface area contributed by atoms with E-state index in [2.05, 4.69) is 10.6 Å². The number of hydrogen-bond acceptors (Lipinski definition) is 3. The van der Waals surface area contributed by atoms with Gasteiger partial charge in [0.2, 0.25) is 0 Å². The molecule has 0 bridgehead atoms. The van der Waals surface area contributed by atoms with Crippen molar-refractivity contribution in [2.75, 3.05) is 24.3 Å². The van der Waals surface area contributed by atoms with Crippen LogP contribution in [0.1, 0.15) is 39.2 Å². The van der Waals surface area contributed by atoms with Gasteiger partial charge in [-0.15, -0.1) is 0 Å². The van der Waals surface area contributed by atoms with Gasteiger partial charge in [0.05, 0.1) is 11.6 Å². The average Bonchev–Trinajstić information content (AvgIpc) is 2.84. The Balaban J connectivity index is 1.57. The Hall–Kier alpha value is -4.12. The van der Waals surface area contributed by atoms with Gasteiger partial charge in [-0.25, -0.2) is 0 Å². The molecule has 0 spiro atoms. The molecule has 2 N–H and O–H groups in total. The molecule has 0 aliphatic carbocycles. The third kappa shape index (κ3) is 5.04. The van der Waals surface area contributed by atoms with Gasteiger partial charge in [-0.1, -0.05) is 60.7 Å². The van der Waals surface area contributed by atoms with Crippen molar-refractivity contribution in [2.45, 2.75) is 13.0 Å². The molecule has 0 aliphatic rings. The van der Waals surface area contributed by atoms with Crippen LogP contribution < -0.4 is 15.5 Å². The summed E-state index contributed by atoms with van der Waals surface area (Å²) in [4.78, 5) is 27.9. The molecule has 33 heavy (non-hydrogen) atoms. The molecule has 0 radical (unpaired) electrons. The van der Waals surface area contributed by atoms with E-state index in [4.69, 9.17) is 0 Å². The fraction of sp³-hybridized carbons (Fsp3) is 0.143. The van der Waals surface area contributed by atoms with Crippen LogP contribution in [0.5, 0.6) is 0 Å². The van der Waals surface area contributed by atoms with Crippen LogP contribution >= 0.6 is 0 Å². The van der Waals surface area contributed by atoms with Crippen LogP contribution in [0, 0.1) is 0 Å². The Morgan fingerprint density at radius 2 is 1.45 bits per heavy atom. The Bertz CT molecular complexity index is 1300. The van der Waals surface area contributed by atoms with E-state index in [1.807, 2.05) is 105 Å². The number of hydrogen-bond donors (Lipinski definition) is 2. The second kappa shape index (κ2) is 9.57. The van der Waals surface area contributed by atoms with E-state index in [0.29, 0.717) is 16.8 Å². The first-order valence-corrected chi connectivity index (χ1v) is 10.9. The molecule has 1 atom stereocenters. The topological polar surface area (TPSA) is 61.4 Å². The molecule has 0 saturated carbocycles. The lowest BCUT2D eigenvalue weighted by atomic mass is 10.1. The van der Waals surface area contributed by atoms with Gasteiger partial charge < -0.3 is 15.5 Å². The Morgan fingerprint density at radius 3 is 2.18 bits per heavy atom. The largest absolute Gasteiger partial charge is 0.377 e. The predicted molar refractivity (Wildman–Crippen MR) is 135 cm³/mol. The Kier molecular flexibility index (Phi) is 6.41. The monoisotopic (exact) mass is 437 g/mol. The molecule has 0 fully saturated rings. The highest BCUT2D eigenvalue weighted by molar-refractivity contribution is 6.08. The molecule has 166 valence electrons. The predicted octanol–water partition coefficient (Wildman–Crippen LogP) is 5.65. The SMILES string of the molecule is CC(NC(=O)c1cc(NC(=O)c2ccc3ccccc3c2)ccc1N(C)C)c1ccccc1. The highest BCUT2D eigenvalue weighted by Crippen LogP contribution is 2.25. The highest BCUT2D eigenvalue weighted by atomic mass is 16.2. The van der Waals surface area contributed by atoms with Gasteiger partial charge in [0.1, 0.15) is 0 Å². The van der Waals surface area contributed by atoms with Gasteiger partial charge in [0, 0.05) is 31.0 Å². The van der Waals surface area contributed by atoms with Crippen LogP contribution in [0.3, 0.4) is 0 Å². The fourth-order valence-corrected chi connectivity index (χ4v) is 3.82. The molecule has 5 nitrogen and oxygen atoms in total. The minimum absolute atomic E-state index is 0.149. The van der Waals surface area contributed by atoms with E-state index in [9.17, 15) is 9.59 Å². The minimum atomic E-state index is -0.220. The maximum Gasteiger partial charge on any atom is 0.255 e. The molecule has 4 aromatic carbocycles. The highest BCUT2D eigenvalue weighted by Gasteiger charge is 2.18. The molecule has 4 rings (SSSR count). The number of nitrogens with one attached hydrogen (secondary N) is 2. The number of amides is 2. The molecule has 0 saturated heterocycles. The van der Waals surface area contributed by atoms with Crippen molar-refractivity contribution in [1.82, 2.24) is 5.32 Å². The van der Waals surface area contributed by atoms with Crippen molar-refractivity contribution in [3.63, 3.8) is 0 Å². The van der Waals surface area contributed by atoms with Crippen LogP contribution in [0.15, 0.2) is 91.0 Å². The number of fused-ring (bicyclic) bond motifs is 1. The molecule has 5 heteroatoms. The number of nitrogens with zero attached hydrogens (tertiary/aromatic N) is 1. The van der Waals surface area contributed by atoms with Gasteiger partial charge in [-0.2, -0.15) is 0 Å². The second-order valence-electron chi connectivity index (χ2n) is 8.25. The quantitative estimate of drug-likeness (QED) is 0.410. The second-order valence-corrected chi connectivity index (χ2v) is 8.25. The van der Waals surface area contributed by atoms with Crippen molar-refractivity contribution < 1.29 is 9.59 Å². The number of carbonyl (C=O) groups excluding carboxylic acids is 2. The van der Waals surface area contributed by atoms with Crippen molar-refractivity contribution in [3.05, 3.63) is 108 Å². The number of anilines is 2. The molecule has 2 amide bonds. The van der Waals surface area contributed by atoms with Crippen molar-refractivity contribution in [2.24, 2.45) is 0 Å². The van der Waals surface area contributed by atoms with E-state index in [-0.39, 0.29) is 17.9 Å². The summed E-state index contributed by atoms with van der Waals surface area (Å²) in [6.07, 6.45) is 0. The molecular weight excluding hydrogens is 410 g/mol. The maximum absolute atomic E-state index is 13.2. The van der Waals surface area contributed by atoms with Gasteiger partial charge in [0.15, 0.2) is 0 Å². The van der Waals surface area contributed by atoms with Crippen LogP contribution in [0.25, 0.3) is 10.8 Å². The first kappa shape index (κ1) is 22.1. The summed E-state index contributed by atoms with van der Waals surface area (Å²) in [5.74, 6) is -0.417. The zero-order chi connectivity index (χ0) is 23.4. The van der Waals surface area contributed by atoms with E-state index < -0.39 is 0 Å². The lowest BCUT2D eigenvalue weighted by Gasteiger charge is -2.20. The summed E-state index contributed by atoms with van der Waals surface area (Å²) in [5.41, 5.74) is 3.43. The van der Waals surface area contributed by atoms with Crippen molar-refractivity contribution >= 4 is 34.0 Å². The number of carbonyl (C=O) groups is 2. The average molecular weight is 438 g/mol. The van der Waals surface area contributed by atoms with Gasteiger partial charge in [-0.05, 0) is 53.6 Å². The van der Waals surface area contributed by atoms with Crippen molar-refractivity contribution in [3.8, 4) is 0 Å². The third-order valence-electron chi connectivity index (χ3n) is 5.64. The van der Waals surface area contributed by atoms with E-state index in [1.165, 1.54) is 0 Å².